The molecule has 6 heteroatoms. The summed E-state index contributed by atoms with van der Waals surface area (Å²) < 4.78 is 5.35. The fraction of sp³-hybridized carbons (Fsp3) is 0.722. The van der Waals surface area contributed by atoms with Crippen LogP contribution in [0.1, 0.15) is 45.8 Å². The molecule has 1 atom stereocenters. The van der Waals surface area contributed by atoms with Crippen molar-refractivity contribution < 1.29 is 4.42 Å². The lowest BCUT2D eigenvalue weighted by Crippen LogP contribution is -2.47. The first kappa shape index (κ1) is 21.3. The molecule has 1 fully saturated rings. The molecular weight excluding hydrogens is 415 g/mol. The lowest BCUT2D eigenvalue weighted by molar-refractivity contribution is 0.213. The average molecular weight is 448 g/mol. The first-order chi connectivity index (χ1) is 11.2. The van der Waals surface area contributed by atoms with Crippen LogP contribution in [0.15, 0.2) is 27.8 Å². The molecule has 2 rings (SSSR count). The Hall–Kier alpha value is -0.760. The maximum Gasteiger partial charge on any atom is 0.191 e. The number of furan rings is 1. The highest BCUT2D eigenvalue weighted by Gasteiger charge is 2.22. The molecule has 1 aromatic heterocycles. The van der Waals surface area contributed by atoms with Crippen molar-refractivity contribution >= 4 is 29.9 Å². The zero-order chi connectivity index (χ0) is 16.5. The maximum absolute atomic E-state index is 5.35. The van der Waals surface area contributed by atoms with Crippen molar-refractivity contribution in [2.45, 2.75) is 52.6 Å². The quantitative estimate of drug-likeness (QED) is 0.364. The van der Waals surface area contributed by atoms with Crippen molar-refractivity contribution in [2.24, 2.45) is 10.9 Å². The summed E-state index contributed by atoms with van der Waals surface area (Å²) in [5, 5.41) is 6.84. The Morgan fingerprint density at radius 2 is 2.04 bits per heavy atom. The van der Waals surface area contributed by atoms with Gasteiger partial charge in [-0.15, -0.1) is 24.0 Å². The molecule has 5 nitrogen and oxygen atoms in total. The van der Waals surface area contributed by atoms with Crippen LogP contribution >= 0.6 is 24.0 Å². The zero-order valence-electron chi connectivity index (χ0n) is 15.3. The van der Waals surface area contributed by atoms with Crippen molar-refractivity contribution in [3.05, 3.63) is 24.2 Å². The van der Waals surface area contributed by atoms with Crippen molar-refractivity contribution in [1.29, 1.82) is 0 Å². The van der Waals surface area contributed by atoms with Gasteiger partial charge in [0.1, 0.15) is 12.3 Å². The minimum absolute atomic E-state index is 0. The van der Waals surface area contributed by atoms with Crippen LogP contribution in [-0.2, 0) is 6.54 Å². The number of aliphatic imine (C=N–C) groups is 1. The summed E-state index contributed by atoms with van der Waals surface area (Å²) in [6, 6.07) is 4.45. The van der Waals surface area contributed by atoms with Crippen LogP contribution in [0.5, 0.6) is 0 Å². The number of guanidine groups is 1. The molecule has 1 aliphatic heterocycles. The average Bonchev–Trinajstić information content (AvgIpc) is 3.21. The highest BCUT2D eigenvalue weighted by atomic mass is 127. The third-order valence-corrected chi connectivity index (χ3v) is 4.22. The van der Waals surface area contributed by atoms with E-state index < -0.39 is 0 Å². The van der Waals surface area contributed by atoms with Gasteiger partial charge < -0.3 is 15.1 Å². The van der Waals surface area contributed by atoms with E-state index in [1.807, 2.05) is 12.1 Å². The van der Waals surface area contributed by atoms with Gasteiger partial charge in [0.05, 0.1) is 6.26 Å². The predicted octanol–water partition coefficient (Wildman–Crippen LogP) is 3.46. The van der Waals surface area contributed by atoms with E-state index in [1.165, 1.54) is 32.4 Å². The minimum Gasteiger partial charge on any atom is -0.467 e. The molecule has 0 radical (unpaired) electrons. The van der Waals surface area contributed by atoms with Gasteiger partial charge in [-0.05, 0) is 57.3 Å². The minimum atomic E-state index is 0. The molecule has 0 aliphatic carbocycles. The Morgan fingerprint density at radius 1 is 1.29 bits per heavy atom. The second-order valence-electron chi connectivity index (χ2n) is 6.68. The van der Waals surface area contributed by atoms with Gasteiger partial charge in [-0.3, -0.25) is 4.90 Å². The lowest BCUT2D eigenvalue weighted by atomic mass is 10.0. The first-order valence-corrected chi connectivity index (χ1v) is 8.97. The summed E-state index contributed by atoms with van der Waals surface area (Å²) in [6.45, 7) is 11.6. The van der Waals surface area contributed by atoms with E-state index in [0.29, 0.717) is 18.5 Å². The molecule has 2 N–H and O–H groups in total. The zero-order valence-corrected chi connectivity index (χ0v) is 17.6. The Balaban J connectivity index is 0.00000288. The van der Waals surface area contributed by atoms with Crippen LogP contribution in [0.2, 0.25) is 0 Å². The Kier molecular flexibility index (Phi) is 10.4. The SMILES string of the molecule is CCNC(=NCc1ccco1)NCC(CC(C)C)N1CCCC1.I. The molecule has 24 heavy (non-hydrogen) atoms. The molecule has 1 aromatic rings. The monoisotopic (exact) mass is 448 g/mol. The van der Waals surface area contributed by atoms with Gasteiger partial charge in [0.25, 0.3) is 0 Å². The molecule has 0 saturated carbocycles. The number of nitrogens with zero attached hydrogens (tertiary/aromatic N) is 2. The fourth-order valence-electron chi connectivity index (χ4n) is 3.13. The summed E-state index contributed by atoms with van der Waals surface area (Å²) in [6.07, 6.45) is 5.59. The second kappa shape index (κ2) is 11.7. The second-order valence-corrected chi connectivity index (χ2v) is 6.68. The Labute approximate surface area is 163 Å². The molecule has 1 aliphatic rings. The predicted molar refractivity (Wildman–Crippen MR) is 111 cm³/mol. The van der Waals surface area contributed by atoms with E-state index in [2.05, 4.69) is 41.3 Å². The number of hydrogen-bond donors (Lipinski definition) is 2. The van der Waals surface area contributed by atoms with Gasteiger partial charge >= 0.3 is 0 Å². The molecule has 2 heterocycles. The van der Waals surface area contributed by atoms with Crippen molar-refractivity contribution in [3.63, 3.8) is 0 Å². The van der Waals surface area contributed by atoms with Crippen LogP contribution in [0.4, 0.5) is 0 Å². The summed E-state index contributed by atoms with van der Waals surface area (Å²) in [5.74, 6) is 2.47. The largest absolute Gasteiger partial charge is 0.467 e. The molecule has 138 valence electrons. The van der Waals surface area contributed by atoms with Gasteiger partial charge in [0.2, 0.25) is 0 Å². The van der Waals surface area contributed by atoms with E-state index in [-0.39, 0.29) is 24.0 Å². The van der Waals surface area contributed by atoms with E-state index in [0.717, 1.165) is 24.8 Å². The standard InChI is InChI=1S/C18H32N4O.HI/c1-4-19-18(21-14-17-8-7-11-23-17)20-13-16(12-15(2)3)22-9-5-6-10-22;/h7-8,11,15-16H,4-6,9-10,12-14H2,1-3H3,(H2,19,20,21);1H. The molecular formula is C18H33IN4O. The molecule has 1 saturated heterocycles. The van der Waals surface area contributed by atoms with Crippen LogP contribution in [0, 0.1) is 5.92 Å². The summed E-state index contributed by atoms with van der Waals surface area (Å²) in [7, 11) is 0. The maximum atomic E-state index is 5.35. The number of halogens is 1. The molecule has 0 aromatic carbocycles. The molecule has 1 unspecified atom stereocenters. The third kappa shape index (κ3) is 7.42. The van der Waals surface area contributed by atoms with E-state index in [1.54, 1.807) is 6.26 Å². The van der Waals surface area contributed by atoms with E-state index in [9.17, 15) is 0 Å². The molecule has 0 spiro atoms. The highest BCUT2D eigenvalue weighted by molar-refractivity contribution is 14.0. The van der Waals surface area contributed by atoms with Crippen LogP contribution in [0.3, 0.4) is 0 Å². The number of hydrogen-bond acceptors (Lipinski definition) is 3. The lowest BCUT2D eigenvalue weighted by Gasteiger charge is -2.29. The van der Waals surface area contributed by atoms with Gasteiger partial charge in [-0.2, -0.15) is 0 Å². The van der Waals surface area contributed by atoms with Gasteiger partial charge in [-0.1, -0.05) is 13.8 Å². The van der Waals surface area contributed by atoms with Crippen LogP contribution in [-0.4, -0.2) is 43.1 Å². The van der Waals surface area contributed by atoms with Crippen molar-refractivity contribution in [1.82, 2.24) is 15.5 Å². The van der Waals surface area contributed by atoms with E-state index >= 15 is 0 Å². The van der Waals surface area contributed by atoms with Crippen molar-refractivity contribution in [3.8, 4) is 0 Å². The number of nitrogens with one attached hydrogen (secondary N) is 2. The highest BCUT2D eigenvalue weighted by Crippen LogP contribution is 2.17. The normalized spacial score (nSPS) is 16.9. The first-order valence-electron chi connectivity index (χ1n) is 8.97. The smallest absolute Gasteiger partial charge is 0.191 e. The van der Waals surface area contributed by atoms with Crippen LogP contribution < -0.4 is 10.6 Å². The summed E-state index contributed by atoms with van der Waals surface area (Å²) in [4.78, 5) is 7.24. The van der Waals surface area contributed by atoms with E-state index in [4.69, 9.17) is 4.42 Å². The molecule has 0 amide bonds. The topological polar surface area (TPSA) is 52.8 Å². The van der Waals surface area contributed by atoms with Gasteiger partial charge in [-0.25, -0.2) is 4.99 Å². The fourth-order valence-corrected chi connectivity index (χ4v) is 3.13. The van der Waals surface area contributed by atoms with Gasteiger partial charge in [0, 0.05) is 19.1 Å². The summed E-state index contributed by atoms with van der Waals surface area (Å²) >= 11 is 0. The number of likely N-dealkylation sites (tertiary alicyclic amines) is 1. The van der Waals surface area contributed by atoms with Crippen molar-refractivity contribution in [2.75, 3.05) is 26.2 Å². The number of rotatable bonds is 8. The third-order valence-electron chi connectivity index (χ3n) is 4.22. The summed E-state index contributed by atoms with van der Waals surface area (Å²) in [5.41, 5.74) is 0. The molecule has 0 bridgehead atoms. The van der Waals surface area contributed by atoms with Crippen LogP contribution in [0.25, 0.3) is 0 Å². The Morgan fingerprint density at radius 3 is 2.62 bits per heavy atom. The Bertz CT molecular complexity index is 456. The van der Waals surface area contributed by atoms with Gasteiger partial charge in [0.15, 0.2) is 5.96 Å².